The summed E-state index contributed by atoms with van der Waals surface area (Å²) in [6.45, 7) is 4.95. The van der Waals surface area contributed by atoms with E-state index in [-0.39, 0.29) is 30.2 Å². The maximum absolute atomic E-state index is 13.3. The molecule has 6 nitrogen and oxygen atoms in total. The van der Waals surface area contributed by atoms with Crippen LogP contribution in [0.2, 0.25) is 0 Å². The molecule has 2 amide bonds. The van der Waals surface area contributed by atoms with Crippen LogP contribution >= 0.6 is 0 Å². The highest BCUT2D eigenvalue weighted by Gasteiger charge is 2.45. The number of benzene rings is 1. The van der Waals surface area contributed by atoms with Crippen LogP contribution in [0.3, 0.4) is 0 Å². The number of aromatic nitrogens is 1. The molecule has 32 heavy (non-hydrogen) atoms. The van der Waals surface area contributed by atoms with Gasteiger partial charge in [0, 0.05) is 31.4 Å². The molecule has 166 valence electrons. The van der Waals surface area contributed by atoms with Crippen molar-refractivity contribution < 1.29 is 14.0 Å². The zero-order chi connectivity index (χ0) is 22.5. The number of amides is 2. The van der Waals surface area contributed by atoms with Gasteiger partial charge in [-0.3, -0.25) is 9.59 Å². The molecule has 2 unspecified atom stereocenters. The molecule has 2 aromatic heterocycles. The van der Waals surface area contributed by atoms with Crippen LogP contribution in [0.25, 0.3) is 0 Å². The maximum Gasteiger partial charge on any atom is 0.242 e. The molecule has 1 aliphatic rings. The standard InChI is InChI=1S/C26H29N3O3/c1-3-13-28(26(31)24-16-23(24)20-9-5-4-6-10-20)19-25(30)29(18-22-12-8-15-32-22)17-21-11-7-14-27(21)2/h3-12,14-15,23-24H,1,13,16-19H2,2H3. The molecule has 1 saturated carbocycles. The second kappa shape index (κ2) is 9.73. The lowest BCUT2D eigenvalue weighted by molar-refractivity contribution is -0.141. The average molecular weight is 432 g/mol. The summed E-state index contributed by atoms with van der Waals surface area (Å²) in [5.74, 6) is 0.768. The summed E-state index contributed by atoms with van der Waals surface area (Å²) < 4.78 is 7.47. The zero-order valence-corrected chi connectivity index (χ0v) is 18.4. The van der Waals surface area contributed by atoms with Crippen molar-refractivity contribution >= 4 is 11.8 Å². The molecule has 2 heterocycles. The van der Waals surface area contributed by atoms with Crippen LogP contribution in [0.5, 0.6) is 0 Å². The minimum absolute atomic E-state index is 0.0175. The van der Waals surface area contributed by atoms with Gasteiger partial charge >= 0.3 is 0 Å². The van der Waals surface area contributed by atoms with Crippen LogP contribution in [0.15, 0.2) is 84.1 Å². The van der Waals surface area contributed by atoms with Crippen LogP contribution in [0.4, 0.5) is 0 Å². The van der Waals surface area contributed by atoms with E-state index in [1.165, 1.54) is 5.56 Å². The van der Waals surface area contributed by atoms with Gasteiger partial charge in [0.25, 0.3) is 0 Å². The number of furan rings is 1. The van der Waals surface area contributed by atoms with E-state index in [2.05, 4.69) is 18.7 Å². The summed E-state index contributed by atoms with van der Waals surface area (Å²) in [5.41, 5.74) is 2.19. The highest BCUT2D eigenvalue weighted by molar-refractivity contribution is 5.88. The van der Waals surface area contributed by atoms with Gasteiger partial charge in [0.05, 0.1) is 19.4 Å². The van der Waals surface area contributed by atoms with E-state index in [9.17, 15) is 9.59 Å². The fourth-order valence-corrected chi connectivity index (χ4v) is 4.10. The lowest BCUT2D eigenvalue weighted by Gasteiger charge is -2.27. The monoisotopic (exact) mass is 431 g/mol. The minimum atomic E-state index is -0.116. The fourth-order valence-electron chi connectivity index (χ4n) is 4.10. The van der Waals surface area contributed by atoms with Gasteiger partial charge < -0.3 is 18.8 Å². The van der Waals surface area contributed by atoms with E-state index in [0.717, 1.165) is 12.1 Å². The summed E-state index contributed by atoms with van der Waals surface area (Å²) in [7, 11) is 1.95. The molecule has 0 bridgehead atoms. The van der Waals surface area contributed by atoms with Crippen molar-refractivity contribution in [3.63, 3.8) is 0 Å². The lowest BCUT2D eigenvalue weighted by atomic mass is 10.1. The first-order valence-electron chi connectivity index (χ1n) is 10.9. The topological polar surface area (TPSA) is 58.7 Å². The molecule has 0 saturated heterocycles. The Hall–Kier alpha value is -3.54. The summed E-state index contributed by atoms with van der Waals surface area (Å²) in [6.07, 6.45) is 6.06. The van der Waals surface area contributed by atoms with Crippen LogP contribution < -0.4 is 0 Å². The van der Waals surface area contributed by atoms with Gasteiger partial charge in [-0.05, 0) is 42.2 Å². The third kappa shape index (κ3) is 5.02. The first-order chi connectivity index (χ1) is 15.6. The fraction of sp³-hybridized carbons (Fsp3) is 0.308. The normalized spacial score (nSPS) is 17.0. The predicted molar refractivity (Wildman–Crippen MR) is 122 cm³/mol. The van der Waals surface area contributed by atoms with Crippen molar-refractivity contribution in [2.45, 2.75) is 25.4 Å². The molecule has 4 rings (SSSR count). The summed E-state index contributed by atoms with van der Waals surface area (Å²) in [5, 5.41) is 0. The second-order valence-electron chi connectivity index (χ2n) is 8.31. The van der Waals surface area contributed by atoms with Crippen LogP contribution in [-0.2, 0) is 29.7 Å². The Bertz CT molecular complexity index is 1060. The highest BCUT2D eigenvalue weighted by atomic mass is 16.3. The molecule has 0 N–H and O–H groups in total. The Balaban J connectivity index is 1.46. The third-order valence-electron chi connectivity index (χ3n) is 6.01. The smallest absolute Gasteiger partial charge is 0.242 e. The Labute approximate surface area is 188 Å². The maximum atomic E-state index is 13.3. The number of aryl methyl sites for hydroxylation is 1. The second-order valence-corrected chi connectivity index (χ2v) is 8.31. The largest absolute Gasteiger partial charge is 0.467 e. The van der Waals surface area contributed by atoms with Crippen LogP contribution in [0, 0.1) is 5.92 Å². The van der Waals surface area contributed by atoms with Crippen molar-refractivity contribution in [3.05, 3.63) is 96.7 Å². The zero-order valence-electron chi connectivity index (χ0n) is 18.4. The molecule has 0 aliphatic heterocycles. The van der Waals surface area contributed by atoms with E-state index in [4.69, 9.17) is 4.42 Å². The third-order valence-corrected chi connectivity index (χ3v) is 6.01. The molecule has 0 spiro atoms. The minimum Gasteiger partial charge on any atom is -0.467 e. The average Bonchev–Trinajstić information content (AvgIpc) is 3.24. The Kier molecular flexibility index (Phi) is 6.59. The van der Waals surface area contributed by atoms with E-state index in [1.807, 2.05) is 60.3 Å². The van der Waals surface area contributed by atoms with Gasteiger partial charge in [-0.2, -0.15) is 0 Å². The van der Waals surface area contributed by atoms with Crippen LogP contribution in [0.1, 0.15) is 29.4 Å². The number of hydrogen-bond acceptors (Lipinski definition) is 3. The molecule has 2 atom stereocenters. The van der Waals surface area contributed by atoms with E-state index >= 15 is 0 Å². The Morgan fingerprint density at radius 1 is 1.09 bits per heavy atom. The number of rotatable bonds is 10. The first-order valence-corrected chi connectivity index (χ1v) is 10.9. The molecular formula is C26H29N3O3. The number of hydrogen-bond donors (Lipinski definition) is 0. The summed E-state index contributed by atoms with van der Waals surface area (Å²) in [6, 6.07) is 17.7. The van der Waals surface area contributed by atoms with Gasteiger partial charge in [0.15, 0.2) is 0 Å². The molecule has 3 aromatic rings. The highest BCUT2D eigenvalue weighted by Crippen LogP contribution is 2.48. The summed E-state index contributed by atoms with van der Waals surface area (Å²) in [4.78, 5) is 29.9. The van der Waals surface area contributed by atoms with Crippen molar-refractivity contribution in [3.8, 4) is 0 Å². The van der Waals surface area contributed by atoms with Gasteiger partial charge in [-0.15, -0.1) is 6.58 Å². The molecule has 0 radical (unpaired) electrons. The predicted octanol–water partition coefficient (Wildman–Crippen LogP) is 3.97. The summed E-state index contributed by atoms with van der Waals surface area (Å²) >= 11 is 0. The molecular weight excluding hydrogens is 402 g/mol. The van der Waals surface area contributed by atoms with E-state index in [1.54, 1.807) is 22.1 Å². The number of carbonyl (C=O) groups excluding carboxylic acids is 2. The van der Waals surface area contributed by atoms with Crippen molar-refractivity contribution in [1.82, 2.24) is 14.4 Å². The molecule has 1 aromatic carbocycles. The van der Waals surface area contributed by atoms with Crippen molar-refractivity contribution in [2.24, 2.45) is 13.0 Å². The quantitative estimate of drug-likeness (QED) is 0.457. The first kappa shape index (κ1) is 21.7. The Morgan fingerprint density at radius 2 is 1.91 bits per heavy atom. The van der Waals surface area contributed by atoms with Gasteiger partial charge in [-0.1, -0.05) is 36.4 Å². The van der Waals surface area contributed by atoms with Crippen molar-refractivity contribution in [1.29, 1.82) is 0 Å². The molecule has 6 heteroatoms. The van der Waals surface area contributed by atoms with E-state index < -0.39 is 0 Å². The SMILES string of the molecule is C=CCN(CC(=O)N(Cc1ccco1)Cc1cccn1C)C(=O)C1CC1c1ccccc1. The van der Waals surface area contributed by atoms with Crippen molar-refractivity contribution in [2.75, 3.05) is 13.1 Å². The Morgan fingerprint density at radius 3 is 2.56 bits per heavy atom. The van der Waals surface area contributed by atoms with Crippen LogP contribution in [-0.4, -0.2) is 39.3 Å². The molecule has 1 fully saturated rings. The van der Waals surface area contributed by atoms with Gasteiger partial charge in [0.1, 0.15) is 12.3 Å². The molecule has 1 aliphatic carbocycles. The van der Waals surface area contributed by atoms with Gasteiger partial charge in [0.2, 0.25) is 11.8 Å². The number of carbonyl (C=O) groups is 2. The van der Waals surface area contributed by atoms with E-state index in [0.29, 0.717) is 25.4 Å². The lowest BCUT2D eigenvalue weighted by Crippen LogP contribution is -2.43. The number of nitrogens with zero attached hydrogens (tertiary/aromatic N) is 3. The van der Waals surface area contributed by atoms with Gasteiger partial charge in [-0.25, -0.2) is 0 Å².